The maximum absolute atomic E-state index is 4.44. The first-order valence-corrected chi connectivity index (χ1v) is 5.87. The van der Waals surface area contributed by atoms with Crippen molar-refractivity contribution < 1.29 is 0 Å². The zero-order valence-corrected chi connectivity index (χ0v) is 10.2. The van der Waals surface area contributed by atoms with Crippen molar-refractivity contribution in [2.24, 2.45) is 7.05 Å². The van der Waals surface area contributed by atoms with Gasteiger partial charge < -0.3 is 5.32 Å². The van der Waals surface area contributed by atoms with Crippen LogP contribution in [0.4, 0.5) is 5.69 Å². The smallest absolute Gasteiger partial charge is 0.0729 e. The summed E-state index contributed by atoms with van der Waals surface area (Å²) in [5.74, 6) is 0. The van der Waals surface area contributed by atoms with Gasteiger partial charge in [-0.2, -0.15) is 5.10 Å². The van der Waals surface area contributed by atoms with Crippen LogP contribution in [0, 0.1) is 0 Å². The predicted octanol–water partition coefficient (Wildman–Crippen LogP) is 2.58. The number of fused-ring (bicyclic) bond motifs is 1. The fourth-order valence-corrected chi connectivity index (χ4v) is 1.93. The molecule has 0 atom stereocenters. The predicted molar refractivity (Wildman–Crippen MR) is 72.3 cm³/mol. The molecule has 0 aliphatic heterocycles. The van der Waals surface area contributed by atoms with Gasteiger partial charge in [0.05, 0.1) is 17.4 Å². The molecule has 2 aromatic heterocycles. The number of hydrogen-bond acceptors (Lipinski definition) is 3. The Labute approximate surface area is 105 Å². The molecule has 0 aliphatic carbocycles. The molecular weight excluding hydrogens is 224 g/mol. The summed E-state index contributed by atoms with van der Waals surface area (Å²) in [7, 11) is 1.91. The second-order valence-electron chi connectivity index (χ2n) is 4.29. The summed E-state index contributed by atoms with van der Waals surface area (Å²) >= 11 is 0. The van der Waals surface area contributed by atoms with Gasteiger partial charge in [-0.15, -0.1) is 0 Å². The van der Waals surface area contributed by atoms with Crippen LogP contribution >= 0.6 is 0 Å². The summed E-state index contributed by atoms with van der Waals surface area (Å²) in [4.78, 5) is 4.44. The molecule has 1 aromatic carbocycles. The number of hydrogen-bond donors (Lipinski definition) is 1. The number of para-hydroxylation sites is 1. The quantitative estimate of drug-likeness (QED) is 0.762. The molecule has 18 heavy (non-hydrogen) atoms. The molecule has 0 unspecified atom stereocenters. The van der Waals surface area contributed by atoms with Crippen LogP contribution in [0.25, 0.3) is 10.9 Å². The second kappa shape index (κ2) is 4.49. The molecule has 90 valence electrons. The Hall–Kier alpha value is -2.36. The zero-order valence-electron chi connectivity index (χ0n) is 10.2. The van der Waals surface area contributed by atoms with E-state index in [1.54, 1.807) is 4.68 Å². The van der Waals surface area contributed by atoms with Crippen molar-refractivity contribution in [3.8, 4) is 0 Å². The van der Waals surface area contributed by atoms with Gasteiger partial charge in [-0.05, 0) is 17.7 Å². The molecule has 0 saturated heterocycles. The molecular formula is C14H14N4. The maximum Gasteiger partial charge on any atom is 0.0729 e. The number of benzene rings is 1. The summed E-state index contributed by atoms with van der Waals surface area (Å²) < 4.78 is 1.78. The van der Waals surface area contributed by atoms with Gasteiger partial charge in [0.15, 0.2) is 0 Å². The normalized spacial score (nSPS) is 10.7. The molecule has 0 saturated carbocycles. The summed E-state index contributed by atoms with van der Waals surface area (Å²) in [5.41, 5.74) is 3.21. The Bertz CT molecular complexity index is 672. The van der Waals surface area contributed by atoms with Crippen molar-refractivity contribution >= 4 is 16.6 Å². The molecule has 0 spiro atoms. The standard InChI is InChI=1S/C14H14N4/c1-18-10-13(9-17-18)15-7-11-6-12-4-2-3-5-14(12)16-8-11/h2-6,8-10,15H,7H2,1H3. The highest BCUT2D eigenvalue weighted by Gasteiger charge is 1.99. The SMILES string of the molecule is Cn1cc(NCc2cnc3ccccc3c2)cn1. The van der Waals surface area contributed by atoms with Gasteiger partial charge >= 0.3 is 0 Å². The van der Waals surface area contributed by atoms with E-state index in [9.17, 15) is 0 Å². The monoisotopic (exact) mass is 238 g/mol. The van der Waals surface area contributed by atoms with E-state index in [-0.39, 0.29) is 0 Å². The van der Waals surface area contributed by atoms with Crippen LogP contribution in [-0.2, 0) is 13.6 Å². The Morgan fingerprint density at radius 2 is 2.11 bits per heavy atom. The van der Waals surface area contributed by atoms with Crippen LogP contribution in [0.1, 0.15) is 5.56 Å². The molecule has 1 N–H and O–H groups in total. The van der Waals surface area contributed by atoms with E-state index in [2.05, 4.69) is 27.5 Å². The van der Waals surface area contributed by atoms with E-state index in [0.717, 1.165) is 23.3 Å². The van der Waals surface area contributed by atoms with E-state index >= 15 is 0 Å². The molecule has 0 amide bonds. The van der Waals surface area contributed by atoms with Crippen molar-refractivity contribution in [3.05, 3.63) is 54.5 Å². The lowest BCUT2D eigenvalue weighted by molar-refractivity contribution is 0.768. The number of pyridine rings is 1. The van der Waals surface area contributed by atoms with Gasteiger partial charge in [0.1, 0.15) is 0 Å². The lowest BCUT2D eigenvalue weighted by atomic mass is 10.1. The number of nitrogens with one attached hydrogen (secondary N) is 1. The van der Waals surface area contributed by atoms with E-state index in [0.29, 0.717) is 0 Å². The molecule has 0 bridgehead atoms. The zero-order chi connectivity index (χ0) is 12.4. The molecule has 0 radical (unpaired) electrons. The summed E-state index contributed by atoms with van der Waals surface area (Å²) in [6.45, 7) is 0.753. The molecule has 4 nitrogen and oxygen atoms in total. The van der Waals surface area contributed by atoms with Crippen LogP contribution in [0.3, 0.4) is 0 Å². The maximum atomic E-state index is 4.44. The molecule has 3 rings (SSSR count). The Balaban J connectivity index is 1.78. The van der Waals surface area contributed by atoms with Crippen molar-refractivity contribution in [1.82, 2.24) is 14.8 Å². The highest BCUT2D eigenvalue weighted by Crippen LogP contribution is 2.14. The molecule has 0 aliphatic rings. The van der Waals surface area contributed by atoms with Gasteiger partial charge in [0.25, 0.3) is 0 Å². The van der Waals surface area contributed by atoms with Crippen molar-refractivity contribution in [1.29, 1.82) is 0 Å². The van der Waals surface area contributed by atoms with Crippen molar-refractivity contribution in [3.63, 3.8) is 0 Å². The lowest BCUT2D eigenvalue weighted by Gasteiger charge is -2.04. The fraction of sp³-hybridized carbons (Fsp3) is 0.143. The van der Waals surface area contributed by atoms with E-state index < -0.39 is 0 Å². The minimum atomic E-state index is 0.753. The minimum absolute atomic E-state index is 0.753. The van der Waals surface area contributed by atoms with Crippen LogP contribution < -0.4 is 5.32 Å². The summed E-state index contributed by atoms with van der Waals surface area (Å²) in [6.07, 6.45) is 5.68. The number of anilines is 1. The Morgan fingerprint density at radius 3 is 2.94 bits per heavy atom. The van der Waals surface area contributed by atoms with Gasteiger partial charge in [0, 0.05) is 31.4 Å². The fourth-order valence-electron chi connectivity index (χ4n) is 1.93. The molecule has 3 aromatic rings. The van der Waals surface area contributed by atoms with E-state index in [4.69, 9.17) is 0 Å². The van der Waals surface area contributed by atoms with Crippen LogP contribution in [0.5, 0.6) is 0 Å². The largest absolute Gasteiger partial charge is 0.378 e. The molecule has 0 fully saturated rings. The van der Waals surface area contributed by atoms with Gasteiger partial charge in [-0.25, -0.2) is 0 Å². The molecule has 2 heterocycles. The third-order valence-corrected chi connectivity index (χ3v) is 2.85. The number of nitrogens with zero attached hydrogens (tertiary/aromatic N) is 3. The Morgan fingerprint density at radius 1 is 1.22 bits per heavy atom. The summed E-state index contributed by atoms with van der Waals surface area (Å²) in [5, 5.41) is 8.61. The topological polar surface area (TPSA) is 42.7 Å². The number of aryl methyl sites for hydroxylation is 1. The van der Waals surface area contributed by atoms with E-state index in [1.165, 1.54) is 5.39 Å². The Kier molecular flexibility index (Phi) is 2.68. The second-order valence-corrected chi connectivity index (χ2v) is 4.29. The third kappa shape index (κ3) is 2.18. The first-order valence-electron chi connectivity index (χ1n) is 5.87. The van der Waals surface area contributed by atoms with E-state index in [1.807, 2.05) is 43.8 Å². The van der Waals surface area contributed by atoms with Crippen LogP contribution in [0.15, 0.2) is 48.9 Å². The van der Waals surface area contributed by atoms with Gasteiger partial charge in [-0.3, -0.25) is 9.67 Å². The average molecular weight is 238 g/mol. The highest BCUT2D eigenvalue weighted by molar-refractivity contribution is 5.78. The number of rotatable bonds is 3. The van der Waals surface area contributed by atoms with Crippen molar-refractivity contribution in [2.45, 2.75) is 6.54 Å². The molecule has 4 heteroatoms. The first kappa shape index (κ1) is 10.8. The van der Waals surface area contributed by atoms with Crippen molar-refractivity contribution in [2.75, 3.05) is 5.32 Å². The average Bonchev–Trinajstić information content (AvgIpc) is 2.82. The lowest BCUT2D eigenvalue weighted by Crippen LogP contribution is -1.99. The minimum Gasteiger partial charge on any atom is -0.378 e. The number of aromatic nitrogens is 3. The third-order valence-electron chi connectivity index (χ3n) is 2.85. The van der Waals surface area contributed by atoms with Crippen LogP contribution in [-0.4, -0.2) is 14.8 Å². The van der Waals surface area contributed by atoms with Gasteiger partial charge in [-0.1, -0.05) is 18.2 Å². The first-order chi connectivity index (χ1) is 8.81. The summed E-state index contributed by atoms with van der Waals surface area (Å²) in [6, 6.07) is 10.3. The van der Waals surface area contributed by atoms with Crippen LogP contribution in [0.2, 0.25) is 0 Å². The van der Waals surface area contributed by atoms with Gasteiger partial charge in [0.2, 0.25) is 0 Å². The highest BCUT2D eigenvalue weighted by atomic mass is 15.3.